The lowest BCUT2D eigenvalue weighted by Gasteiger charge is -2.45. The third-order valence-corrected chi connectivity index (χ3v) is 4.17. The van der Waals surface area contributed by atoms with Gasteiger partial charge in [-0.25, -0.2) is 0 Å². The molecule has 3 N–H and O–H groups in total. The third-order valence-electron chi connectivity index (χ3n) is 4.17. The van der Waals surface area contributed by atoms with E-state index in [4.69, 9.17) is 10.5 Å². The molecule has 0 aromatic carbocycles. The Morgan fingerprint density at radius 3 is 2.67 bits per heavy atom. The average Bonchev–Trinajstić information content (AvgIpc) is 2.31. The van der Waals surface area contributed by atoms with Crippen LogP contribution in [-0.4, -0.2) is 31.2 Å². The van der Waals surface area contributed by atoms with Crippen LogP contribution in [0.5, 0.6) is 0 Å². The summed E-state index contributed by atoms with van der Waals surface area (Å²) in [4.78, 5) is 11.8. The van der Waals surface area contributed by atoms with Crippen molar-refractivity contribution in [3.63, 3.8) is 0 Å². The van der Waals surface area contributed by atoms with Crippen LogP contribution >= 0.6 is 0 Å². The Morgan fingerprint density at radius 2 is 2.06 bits per heavy atom. The molecule has 1 amide bonds. The highest BCUT2D eigenvalue weighted by Crippen LogP contribution is 2.39. The molecule has 18 heavy (non-hydrogen) atoms. The molecule has 2 aliphatic carbocycles. The summed E-state index contributed by atoms with van der Waals surface area (Å²) < 4.78 is 5.17. The number of amides is 1. The first-order valence-corrected chi connectivity index (χ1v) is 6.94. The molecule has 2 fully saturated rings. The Bertz CT molecular complexity index is 292. The number of carbonyl (C=O) groups excluding carboxylic acids is 1. The zero-order valence-corrected chi connectivity index (χ0v) is 10.9. The molecule has 4 nitrogen and oxygen atoms in total. The Kier molecular flexibility index (Phi) is 4.78. The van der Waals surface area contributed by atoms with Gasteiger partial charge in [-0.3, -0.25) is 4.79 Å². The maximum absolute atomic E-state index is 11.8. The van der Waals surface area contributed by atoms with E-state index in [1.54, 1.807) is 6.08 Å². The molecule has 2 saturated carbocycles. The minimum absolute atomic E-state index is 0.00535. The lowest BCUT2D eigenvalue weighted by Crippen LogP contribution is -2.54. The van der Waals surface area contributed by atoms with Gasteiger partial charge in [0.05, 0.1) is 6.61 Å². The van der Waals surface area contributed by atoms with Crippen LogP contribution in [0.4, 0.5) is 0 Å². The molecule has 102 valence electrons. The highest BCUT2D eigenvalue weighted by Gasteiger charge is 2.39. The molecule has 0 radical (unpaired) electrons. The summed E-state index contributed by atoms with van der Waals surface area (Å²) in [5.74, 6) is 1.13. The van der Waals surface area contributed by atoms with Crippen LogP contribution in [0.2, 0.25) is 0 Å². The van der Waals surface area contributed by atoms with Crippen molar-refractivity contribution in [3.05, 3.63) is 12.7 Å². The minimum atomic E-state index is -0.00535. The number of hydrogen-bond donors (Lipinski definition) is 2. The Hall–Kier alpha value is -0.870. The van der Waals surface area contributed by atoms with E-state index >= 15 is 0 Å². The van der Waals surface area contributed by atoms with Gasteiger partial charge < -0.3 is 15.8 Å². The molecule has 4 heteroatoms. The van der Waals surface area contributed by atoms with E-state index in [0.717, 1.165) is 12.8 Å². The number of hydrogen-bond acceptors (Lipinski definition) is 3. The third kappa shape index (κ3) is 3.33. The fourth-order valence-electron chi connectivity index (χ4n) is 3.49. The average molecular weight is 252 g/mol. The van der Waals surface area contributed by atoms with E-state index in [9.17, 15) is 4.79 Å². The lowest BCUT2D eigenvalue weighted by molar-refractivity contribution is -0.127. The fourth-order valence-corrected chi connectivity index (χ4v) is 3.49. The summed E-state index contributed by atoms with van der Waals surface area (Å²) in [6.07, 6.45) is 7.43. The van der Waals surface area contributed by atoms with Gasteiger partial charge in [-0.15, -0.1) is 6.58 Å². The van der Waals surface area contributed by atoms with Gasteiger partial charge in [0.2, 0.25) is 5.91 Å². The second kappa shape index (κ2) is 6.34. The number of rotatable bonds is 5. The van der Waals surface area contributed by atoms with Gasteiger partial charge in [-0.2, -0.15) is 0 Å². The summed E-state index contributed by atoms with van der Waals surface area (Å²) in [7, 11) is 0. The van der Waals surface area contributed by atoms with Crippen LogP contribution in [0.25, 0.3) is 0 Å². The first kappa shape index (κ1) is 13.6. The van der Waals surface area contributed by atoms with Gasteiger partial charge in [0.15, 0.2) is 0 Å². The van der Waals surface area contributed by atoms with Crippen LogP contribution in [-0.2, 0) is 9.53 Å². The van der Waals surface area contributed by atoms with Crippen LogP contribution in [0.15, 0.2) is 12.7 Å². The largest absolute Gasteiger partial charge is 0.368 e. The van der Waals surface area contributed by atoms with Crippen molar-refractivity contribution < 1.29 is 9.53 Å². The molecule has 0 spiro atoms. The molecule has 0 aromatic heterocycles. The van der Waals surface area contributed by atoms with Gasteiger partial charge >= 0.3 is 0 Å². The molecule has 0 heterocycles. The van der Waals surface area contributed by atoms with Crippen molar-refractivity contribution >= 4 is 5.91 Å². The van der Waals surface area contributed by atoms with E-state index in [2.05, 4.69) is 11.9 Å². The quantitative estimate of drug-likeness (QED) is 0.571. The second-order valence-electron chi connectivity index (χ2n) is 5.58. The molecule has 0 saturated heterocycles. The Morgan fingerprint density at radius 1 is 1.39 bits per heavy atom. The highest BCUT2D eigenvalue weighted by atomic mass is 16.5. The molecular weight excluding hydrogens is 228 g/mol. The van der Waals surface area contributed by atoms with E-state index < -0.39 is 0 Å². The maximum Gasteiger partial charge on any atom is 0.246 e. The highest BCUT2D eigenvalue weighted by molar-refractivity contribution is 5.77. The molecule has 2 bridgehead atoms. The summed E-state index contributed by atoms with van der Waals surface area (Å²) in [5.41, 5.74) is 6.07. The molecule has 2 unspecified atom stereocenters. The van der Waals surface area contributed by atoms with Gasteiger partial charge in [-0.05, 0) is 37.5 Å². The summed E-state index contributed by atoms with van der Waals surface area (Å²) in [6, 6.07) is 0.642. The topological polar surface area (TPSA) is 64.3 Å². The maximum atomic E-state index is 11.8. The van der Waals surface area contributed by atoms with E-state index in [-0.39, 0.29) is 12.5 Å². The second-order valence-corrected chi connectivity index (χ2v) is 5.58. The first-order valence-electron chi connectivity index (χ1n) is 6.94. The summed E-state index contributed by atoms with van der Waals surface area (Å²) in [5, 5.41) is 3.15. The molecule has 2 rings (SSSR count). The molecule has 0 aromatic rings. The number of carbonyl (C=O) groups is 1. The number of nitrogens with two attached hydrogens (primary N) is 1. The van der Waals surface area contributed by atoms with Gasteiger partial charge in [0, 0.05) is 12.1 Å². The van der Waals surface area contributed by atoms with E-state index in [1.807, 2.05) is 0 Å². The Labute approximate surface area is 109 Å². The molecule has 0 aliphatic heterocycles. The number of fused-ring (bicyclic) bond motifs is 2. The zero-order valence-electron chi connectivity index (χ0n) is 10.9. The predicted octanol–water partition coefficient (Wildman–Crippen LogP) is 1.21. The number of ether oxygens (including phenoxy) is 1. The normalized spacial score (nSPS) is 34.9. The Balaban J connectivity index is 1.84. The zero-order chi connectivity index (χ0) is 13.0. The van der Waals surface area contributed by atoms with Crippen LogP contribution in [0, 0.1) is 11.8 Å². The lowest BCUT2D eigenvalue weighted by atomic mass is 9.67. The SMILES string of the molecule is C=CCOCC(=O)NC1C2CCCC1CC(N)C2. The van der Waals surface area contributed by atoms with Crippen LogP contribution in [0.3, 0.4) is 0 Å². The number of nitrogens with one attached hydrogen (secondary N) is 1. The standard InChI is InChI=1S/C14H24N2O2/c1-2-6-18-9-13(17)16-14-10-4-3-5-11(14)8-12(15)7-10/h2,10-12,14H,1,3-9,15H2,(H,16,17). The fraction of sp³-hybridized carbons (Fsp3) is 0.786. The minimum Gasteiger partial charge on any atom is -0.368 e. The van der Waals surface area contributed by atoms with Crippen molar-refractivity contribution in [2.45, 2.75) is 44.2 Å². The summed E-state index contributed by atoms with van der Waals surface area (Å²) in [6.45, 7) is 4.12. The van der Waals surface area contributed by atoms with E-state index in [0.29, 0.717) is 30.5 Å². The van der Waals surface area contributed by atoms with E-state index in [1.165, 1.54) is 19.3 Å². The molecular formula is C14H24N2O2. The van der Waals surface area contributed by atoms with Crippen molar-refractivity contribution in [2.24, 2.45) is 17.6 Å². The van der Waals surface area contributed by atoms with Crippen molar-refractivity contribution in [1.29, 1.82) is 0 Å². The van der Waals surface area contributed by atoms with Gasteiger partial charge in [0.25, 0.3) is 0 Å². The van der Waals surface area contributed by atoms with Crippen molar-refractivity contribution in [2.75, 3.05) is 13.2 Å². The predicted molar refractivity (Wildman–Crippen MR) is 71.0 cm³/mol. The summed E-state index contributed by atoms with van der Waals surface area (Å²) >= 11 is 0. The molecule has 2 atom stereocenters. The van der Waals surface area contributed by atoms with Gasteiger partial charge in [0.1, 0.15) is 6.61 Å². The van der Waals surface area contributed by atoms with Crippen LogP contribution < -0.4 is 11.1 Å². The van der Waals surface area contributed by atoms with Crippen LogP contribution in [0.1, 0.15) is 32.1 Å². The molecule has 2 aliphatic rings. The first-order chi connectivity index (χ1) is 8.70. The van der Waals surface area contributed by atoms with Gasteiger partial charge in [-0.1, -0.05) is 12.5 Å². The van der Waals surface area contributed by atoms with Crippen molar-refractivity contribution in [1.82, 2.24) is 5.32 Å². The smallest absolute Gasteiger partial charge is 0.246 e. The monoisotopic (exact) mass is 252 g/mol. The van der Waals surface area contributed by atoms with Crippen molar-refractivity contribution in [3.8, 4) is 0 Å².